The Morgan fingerprint density at radius 3 is 2.48 bits per heavy atom. The van der Waals surface area contributed by atoms with Gasteiger partial charge in [0.2, 0.25) is 0 Å². The third-order valence-electron chi connectivity index (χ3n) is 4.52. The summed E-state index contributed by atoms with van der Waals surface area (Å²) in [5, 5.41) is 0.964. The average molecular weight is 423 g/mol. The van der Waals surface area contributed by atoms with Crippen LogP contribution in [-0.2, 0) is 10.5 Å². The number of thioether (sulfide) groups is 1. The molecule has 0 fully saturated rings. The summed E-state index contributed by atoms with van der Waals surface area (Å²) in [5.74, 6) is 1.61. The molecule has 6 heteroatoms. The standard InChI is InChI=1S/C23H22N2O2S2/c1-16-3-12-21-22(13-16)25(18-6-8-19(9-7-18)27-15-26-2)23(24-21)29-14-17-4-10-20(28)11-5-17/h3-13,28H,14-15H2,1-2H3. The van der Waals surface area contributed by atoms with Gasteiger partial charge in [0.1, 0.15) is 5.75 Å². The largest absolute Gasteiger partial charge is 0.468 e. The van der Waals surface area contributed by atoms with Gasteiger partial charge in [-0.1, -0.05) is 30.0 Å². The summed E-state index contributed by atoms with van der Waals surface area (Å²) in [7, 11) is 1.61. The third-order valence-corrected chi connectivity index (χ3v) is 5.83. The zero-order chi connectivity index (χ0) is 20.2. The van der Waals surface area contributed by atoms with Gasteiger partial charge in [0.05, 0.1) is 11.0 Å². The molecule has 0 bridgehead atoms. The maximum atomic E-state index is 5.52. The zero-order valence-electron chi connectivity index (χ0n) is 16.3. The molecule has 0 unspecified atom stereocenters. The number of hydrogen-bond donors (Lipinski definition) is 1. The number of thiol groups is 1. The summed E-state index contributed by atoms with van der Waals surface area (Å²) >= 11 is 6.09. The minimum atomic E-state index is 0.235. The number of fused-ring (bicyclic) bond motifs is 1. The number of rotatable bonds is 7. The normalized spacial score (nSPS) is 11.1. The first kappa shape index (κ1) is 19.9. The number of ether oxygens (including phenoxy) is 2. The fourth-order valence-corrected chi connectivity index (χ4v) is 4.20. The molecular weight excluding hydrogens is 400 g/mol. The van der Waals surface area contributed by atoms with E-state index in [-0.39, 0.29) is 6.79 Å². The van der Waals surface area contributed by atoms with E-state index in [4.69, 9.17) is 14.5 Å². The minimum Gasteiger partial charge on any atom is -0.468 e. The van der Waals surface area contributed by atoms with Gasteiger partial charge in [-0.15, -0.1) is 12.6 Å². The van der Waals surface area contributed by atoms with Crippen molar-refractivity contribution in [3.8, 4) is 11.4 Å². The fraction of sp³-hybridized carbons (Fsp3) is 0.174. The highest BCUT2D eigenvalue weighted by Crippen LogP contribution is 2.31. The van der Waals surface area contributed by atoms with Crippen LogP contribution in [-0.4, -0.2) is 23.5 Å². The van der Waals surface area contributed by atoms with Crippen LogP contribution in [0.15, 0.2) is 76.8 Å². The van der Waals surface area contributed by atoms with Crippen LogP contribution < -0.4 is 4.74 Å². The van der Waals surface area contributed by atoms with Crippen molar-refractivity contribution in [2.45, 2.75) is 22.7 Å². The molecule has 4 rings (SSSR count). The third kappa shape index (κ3) is 4.61. The van der Waals surface area contributed by atoms with Crippen LogP contribution in [0.3, 0.4) is 0 Å². The van der Waals surface area contributed by atoms with E-state index in [0.29, 0.717) is 0 Å². The predicted octanol–water partition coefficient (Wildman–Crippen LogP) is 5.90. The lowest BCUT2D eigenvalue weighted by atomic mass is 10.2. The number of hydrogen-bond acceptors (Lipinski definition) is 5. The quantitative estimate of drug-likeness (QED) is 0.229. The van der Waals surface area contributed by atoms with Crippen molar-refractivity contribution in [2.75, 3.05) is 13.9 Å². The van der Waals surface area contributed by atoms with Gasteiger partial charge in [-0.25, -0.2) is 4.98 Å². The monoisotopic (exact) mass is 422 g/mol. The van der Waals surface area contributed by atoms with E-state index < -0.39 is 0 Å². The Morgan fingerprint density at radius 1 is 1.00 bits per heavy atom. The van der Waals surface area contributed by atoms with Crippen molar-refractivity contribution < 1.29 is 9.47 Å². The second-order valence-electron chi connectivity index (χ2n) is 6.72. The van der Waals surface area contributed by atoms with Crippen LogP contribution in [0.25, 0.3) is 16.7 Å². The Bertz CT molecular complexity index is 1110. The number of imidazole rings is 1. The Labute approximate surface area is 180 Å². The lowest BCUT2D eigenvalue weighted by Gasteiger charge is -2.11. The molecule has 1 aromatic heterocycles. The highest BCUT2D eigenvalue weighted by molar-refractivity contribution is 7.98. The van der Waals surface area contributed by atoms with Crippen molar-refractivity contribution in [2.24, 2.45) is 0 Å². The molecule has 0 N–H and O–H groups in total. The molecule has 0 aliphatic rings. The number of aryl methyl sites for hydroxylation is 1. The summed E-state index contributed by atoms with van der Waals surface area (Å²) in [5.41, 5.74) is 5.59. The van der Waals surface area contributed by atoms with Crippen LogP contribution >= 0.6 is 24.4 Å². The first-order chi connectivity index (χ1) is 14.1. The molecule has 0 saturated heterocycles. The van der Waals surface area contributed by atoms with Crippen molar-refractivity contribution in [1.29, 1.82) is 0 Å². The number of methoxy groups -OCH3 is 1. The van der Waals surface area contributed by atoms with Crippen LogP contribution in [0.4, 0.5) is 0 Å². The van der Waals surface area contributed by atoms with E-state index in [9.17, 15) is 0 Å². The van der Waals surface area contributed by atoms with Crippen molar-refractivity contribution in [1.82, 2.24) is 9.55 Å². The van der Waals surface area contributed by atoms with Gasteiger partial charge in [0, 0.05) is 23.4 Å². The lowest BCUT2D eigenvalue weighted by molar-refractivity contribution is 0.0511. The van der Waals surface area contributed by atoms with Gasteiger partial charge < -0.3 is 9.47 Å². The van der Waals surface area contributed by atoms with E-state index in [1.165, 1.54) is 11.1 Å². The van der Waals surface area contributed by atoms with Crippen molar-refractivity contribution in [3.05, 3.63) is 77.9 Å². The summed E-state index contributed by atoms with van der Waals surface area (Å²) in [6, 6.07) is 22.6. The maximum absolute atomic E-state index is 5.52. The van der Waals surface area contributed by atoms with Gasteiger partial charge in [0.15, 0.2) is 11.9 Å². The molecule has 0 saturated carbocycles. The highest BCUT2D eigenvalue weighted by Gasteiger charge is 2.14. The molecule has 4 nitrogen and oxygen atoms in total. The SMILES string of the molecule is COCOc1ccc(-n2c(SCc3ccc(S)cc3)nc3ccc(C)cc32)cc1. The van der Waals surface area contributed by atoms with Gasteiger partial charge >= 0.3 is 0 Å². The smallest absolute Gasteiger partial charge is 0.188 e. The fourth-order valence-electron chi connectivity index (χ4n) is 3.07. The topological polar surface area (TPSA) is 36.3 Å². The van der Waals surface area contributed by atoms with E-state index in [0.717, 1.165) is 38.3 Å². The molecule has 29 heavy (non-hydrogen) atoms. The molecular formula is C23H22N2O2S2. The molecule has 0 aliphatic heterocycles. The molecule has 0 amide bonds. The summed E-state index contributed by atoms with van der Waals surface area (Å²) in [6.45, 7) is 2.34. The molecule has 0 spiro atoms. The van der Waals surface area contributed by atoms with Crippen molar-refractivity contribution >= 4 is 35.4 Å². The van der Waals surface area contributed by atoms with Crippen LogP contribution in [0.5, 0.6) is 5.75 Å². The Kier molecular flexibility index (Phi) is 6.13. The first-order valence-electron chi connectivity index (χ1n) is 9.26. The van der Waals surface area contributed by atoms with Crippen LogP contribution in [0.2, 0.25) is 0 Å². The molecule has 1 heterocycles. The van der Waals surface area contributed by atoms with Gasteiger partial charge in [-0.2, -0.15) is 0 Å². The Hall–Kier alpha value is -2.41. The molecule has 4 aromatic rings. The Morgan fingerprint density at radius 2 is 1.76 bits per heavy atom. The summed E-state index contributed by atoms with van der Waals surface area (Å²) in [6.07, 6.45) is 0. The predicted molar refractivity (Wildman–Crippen MR) is 122 cm³/mol. The highest BCUT2D eigenvalue weighted by atomic mass is 32.2. The minimum absolute atomic E-state index is 0.235. The van der Waals surface area contributed by atoms with E-state index in [1.807, 2.05) is 36.4 Å². The van der Waals surface area contributed by atoms with Crippen LogP contribution in [0, 0.1) is 6.92 Å². The van der Waals surface area contributed by atoms with Crippen molar-refractivity contribution in [3.63, 3.8) is 0 Å². The summed E-state index contributed by atoms with van der Waals surface area (Å²) < 4.78 is 12.7. The second kappa shape index (κ2) is 8.95. The summed E-state index contributed by atoms with van der Waals surface area (Å²) in [4.78, 5) is 5.86. The van der Waals surface area contributed by atoms with E-state index >= 15 is 0 Å². The number of aromatic nitrogens is 2. The molecule has 0 aliphatic carbocycles. The average Bonchev–Trinajstić information content (AvgIpc) is 3.09. The second-order valence-corrected chi connectivity index (χ2v) is 8.18. The molecule has 3 aromatic carbocycles. The lowest BCUT2D eigenvalue weighted by Crippen LogP contribution is -2.00. The molecule has 148 valence electrons. The van der Waals surface area contributed by atoms with E-state index in [2.05, 4.69) is 54.5 Å². The number of nitrogens with zero attached hydrogens (tertiary/aromatic N) is 2. The molecule has 0 radical (unpaired) electrons. The first-order valence-corrected chi connectivity index (χ1v) is 10.7. The Balaban J connectivity index is 1.69. The zero-order valence-corrected chi connectivity index (χ0v) is 18.0. The molecule has 0 atom stereocenters. The van der Waals surface area contributed by atoms with Gasteiger partial charge in [-0.3, -0.25) is 4.57 Å². The van der Waals surface area contributed by atoms with Gasteiger partial charge in [0.25, 0.3) is 0 Å². The van der Waals surface area contributed by atoms with Crippen LogP contribution in [0.1, 0.15) is 11.1 Å². The van der Waals surface area contributed by atoms with Gasteiger partial charge in [-0.05, 0) is 66.6 Å². The number of benzene rings is 3. The van der Waals surface area contributed by atoms with E-state index in [1.54, 1.807) is 18.9 Å². The maximum Gasteiger partial charge on any atom is 0.188 e.